The lowest BCUT2D eigenvalue weighted by Crippen LogP contribution is -2.51. The van der Waals surface area contributed by atoms with Crippen LogP contribution in [-0.4, -0.2) is 57.6 Å². The highest BCUT2D eigenvalue weighted by molar-refractivity contribution is 7.92. The molecule has 0 aliphatic rings. The van der Waals surface area contributed by atoms with Gasteiger partial charge in [0.05, 0.1) is 29.1 Å². The van der Waals surface area contributed by atoms with Crippen molar-refractivity contribution < 1.29 is 22.7 Å². The van der Waals surface area contributed by atoms with Gasteiger partial charge < -0.3 is 15.0 Å². The summed E-state index contributed by atoms with van der Waals surface area (Å²) >= 11 is 12.4. The van der Waals surface area contributed by atoms with E-state index in [2.05, 4.69) is 5.32 Å². The van der Waals surface area contributed by atoms with Gasteiger partial charge in [0.2, 0.25) is 21.8 Å². The van der Waals surface area contributed by atoms with Crippen LogP contribution in [0.1, 0.15) is 37.8 Å². The van der Waals surface area contributed by atoms with Crippen molar-refractivity contribution in [3.05, 3.63) is 94.0 Å². The molecule has 3 rings (SSSR count). The lowest BCUT2D eigenvalue weighted by atomic mass is 10.0. The number of methoxy groups -OCH3 is 1. The SMILES string of the molecule is COc1ccccc1N(CCCC(=O)N(Cc1ccc(Cl)c(Cl)c1)[C@H](Cc1ccccc1)C(=O)NCC(C)C)S(C)(=O)=O. The fraction of sp³-hybridized carbons (Fsp3) is 0.375. The van der Waals surface area contributed by atoms with E-state index in [1.807, 2.05) is 44.2 Å². The summed E-state index contributed by atoms with van der Waals surface area (Å²) < 4.78 is 32.1. The minimum Gasteiger partial charge on any atom is -0.495 e. The van der Waals surface area contributed by atoms with Crippen molar-refractivity contribution in [2.45, 2.75) is 45.7 Å². The largest absolute Gasteiger partial charge is 0.495 e. The first-order chi connectivity index (χ1) is 20.4. The van der Waals surface area contributed by atoms with Crippen LogP contribution in [0.25, 0.3) is 0 Å². The Morgan fingerprint density at radius 3 is 2.23 bits per heavy atom. The van der Waals surface area contributed by atoms with Crippen LogP contribution in [0.3, 0.4) is 0 Å². The highest BCUT2D eigenvalue weighted by Gasteiger charge is 2.31. The first-order valence-electron chi connectivity index (χ1n) is 14.1. The zero-order valence-corrected chi connectivity index (χ0v) is 27.3. The Bertz CT molecular complexity index is 1490. The van der Waals surface area contributed by atoms with Gasteiger partial charge in [-0.1, -0.05) is 85.6 Å². The number of carbonyl (C=O) groups is 2. The number of halogens is 2. The van der Waals surface area contributed by atoms with Crippen molar-refractivity contribution in [2.24, 2.45) is 5.92 Å². The molecule has 0 radical (unpaired) electrons. The van der Waals surface area contributed by atoms with E-state index in [0.717, 1.165) is 11.8 Å². The summed E-state index contributed by atoms with van der Waals surface area (Å²) in [5, 5.41) is 3.72. The maximum atomic E-state index is 14.0. The van der Waals surface area contributed by atoms with E-state index in [4.69, 9.17) is 27.9 Å². The van der Waals surface area contributed by atoms with Crippen LogP contribution < -0.4 is 14.4 Å². The number of hydrogen-bond acceptors (Lipinski definition) is 5. The third-order valence-electron chi connectivity index (χ3n) is 6.80. The predicted molar refractivity (Wildman–Crippen MR) is 173 cm³/mol. The number of rotatable bonds is 15. The lowest BCUT2D eigenvalue weighted by molar-refractivity contribution is -0.141. The zero-order valence-electron chi connectivity index (χ0n) is 24.9. The molecule has 0 fully saturated rings. The van der Waals surface area contributed by atoms with Gasteiger partial charge in [-0.15, -0.1) is 0 Å². The van der Waals surface area contributed by atoms with E-state index in [1.54, 1.807) is 47.4 Å². The van der Waals surface area contributed by atoms with Crippen LogP contribution in [0.5, 0.6) is 5.75 Å². The van der Waals surface area contributed by atoms with Crippen LogP contribution in [0.2, 0.25) is 10.0 Å². The molecule has 43 heavy (non-hydrogen) atoms. The molecule has 0 aliphatic carbocycles. The van der Waals surface area contributed by atoms with Gasteiger partial charge in [-0.3, -0.25) is 13.9 Å². The molecule has 0 bridgehead atoms. The van der Waals surface area contributed by atoms with Gasteiger partial charge in [0, 0.05) is 32.5 Å². The molecule has 0 saturated carbocycles. The minimum atomic E-state index is -3.67. The number of anilines is 1. The highest BCUT2D eigenvalue weighted by Crippen LogP contribution is 2.30. The van der Waals surface area contributed by atoms with Crippen LogP contribution in [0, 0.1) is 5.92 Å². The smallest absolute Gasteiger partial charge is 0.243 e. The Morgan fingerprint density at radius 1 is 0.930 bits per heavy atom. The Labute approximate surface area is 265 Å². The Morgan fingerprint density at radius 2 is 1.60 bits per heavy atom. The standard InChI is InChI=1S/C32H39Cl2N3O5S/c1-23(2)21-35-32(39)29(20-24-11-6-5-7-12-24)36(22-25-16-17-26(33)27(34)19-25)31(38)15-10-18-37(43(4,40)41)28-13-8-9-14-30(28)42-3/h5-9,11-14,16-17,19,23,29H,10,15,18,20-22H2,1-4H3,(H,35,39)/t29-/m1/s1. The molecule has 11 heteroatoms. The molecular formula is C32H39Cl2N3O5S. The fourth-order valence-corrected chi connectivity index (χ4v) is 5.92. The summed E-state index contributed by atoms with van der Waals surface area (Å²) in [4.78, 5) is 29.1. The average molecular weight is 649 g/mol. The van der Waals surface area contributed by atoms with E-state index in [9.17, 15) is 18.0 Å². The van der Waals surface area contributed by atoms with Gasteiger partial charge in [0.25, 0.3) is 0 Å². The molecule has 1 atom stereocenters. The molecule has 0 heterocycles. The van der Waals surface area contributed by atoms with Crippen molar-refractivity contribution in [2.75, 3.05) is 30.8 Å². The molecule has 3 aromatic carbocycles. The van der Waals surface area contributed by atoms with E-state index in [1.165, 1.54) is 11.4 Å². The number of ether oxygens (including phenoxy) is 1. The van der Waals surface area contributed by atoms with E-state index in [-0.39, 0.29) is 43.7 Å². The average Bonchev–Trinajstić information content (AvgIpc) is 2.97. The van der Waals surface area contributed by atoms with Crippen molar-refractivity contribution in [3.63, 3.8) is 0 Å². The lowest BCUT2D eigenvalue weighted by Gasteiger charge is -2.32. The van der Waals surface area contributed by atoms with Gasteiger partial charge in [0.15, 0.2) is 0 Å². The van der Waals surface area contributed by atoms with Gasteiger partial charge in [-0.2, -0.15) is 0 Å². The third kappa shape index (κ3) is 10.2. The molecule has 0 saturated heterocycles. The molecule has 3 aromatic rings. The highest BCUT2D eigenvalue weighted by atomic mass is 35.5. The molecule has 0 aliphatic heterocycles. The number of nitrogens with one attached hydrogen (secondary N) is 1. The molecule has 1 N–H and O–H groups in total. The molecule has 0 aromatic heterocycles. The molecular weight excluding hydrogens is 609 g/mol. The summed E-state index contributed by atoms with van der Waals surface area (Å²) in [6.45, 7) is 4.63. The van der Waals surface area contributed by atoms with E-state index < -0.39 is 16.1 Å². The molecule has 232 valence electrons. The normalized spacial score (nSPS) is 12.1. The summed E-state index contributed by atoms with van der Waals surface area (Å²) in [6, 6.07) is 20.6. The second-order valence-electron chi connectivity index (χ2n) is 10.7. The summed E-state index contributed by atoms with van der Waals surface area (Å²) in [5.74, 6) is 0.0701. The van der Waals surface area contributed by atoms with Crippen molar-refractivity contribution in [3.8, 4) is 5.75 Å². The Balaban J connectivity index is 1.92. The van der Waals surface area contributed by atoms with E-state index >= 15 is 0 Å². The maximum absolute atomic E-state index is 14.0. The van der Waals surface area contributed by atoms with Gasteiger partial charge in [0.1, 0.15) is 11.8 Å². The summed E-state index contributed by atoms with van der Waals surface area (Å²) in [7, 11) is -2.20. The van der Waals surface area contributed by atoms with Gasteiger partial charge in [-0.05, 0) is 47.7 Å². The van der Waals surface area contributed by atoms with E-state index in [0.29, 0.717) is 40.0 Å². The number of sulfonamides is 1. The molecule has 8 nitrogen and oxygen atoms in total. The maximum Gasteiger partial charge on any atom is 0.243 e. The van der Waals surface area contributed by atoms with Crippen LogP contribution in [0.4, 0.5) is 5.69 Å². The van der Waals surface area contributed by atoms with Crippen molar-refractivity contribution in [1.29, 1.82) is 0 Å². The van der Waals surface area contributed by atoms with Crippen molar-refractivity contribution in [1.82, 2.24) is 10.2 Å². The van der Waals surface area contributed by atoms with Gasteiger partial charge in [-0.25, -0.2) is 8.42 Å². The first-order valence-corrected chi connectivity index (χ1v) is 16.7. The number of amides is 2. The fourth-order valence-electron chi connectivity index (χ4n) is 4.63. The molecule has 2 amide bonds. The van der Waals surface area contributed by atoms with Crippen LogP contribution >= 0.6 is 23.2 Å². The minimum absolute atomic E-state index is 0.00520. The zero-order chi connectivity index (χ0) is 31.6. The predicted octanol–water partition coefficient (Wildman–Crippen LogP) is 5.96. The van der Waals surface area contributed by atoms with Crippen LogP contribution in [0.15, 0.2) is 72.8 Å². The van der Waals surface area contributed by atoms with Crippen LogP contribution in [-0.2, 0) is 32.6 Å². The number of para-hydroxylation sites is 2. The Hall–Kier alpha value is -3.27. The number of hydrogen-bond donors (Lipinski definition) is 1. The number of benzene rings is 3. The quantitative estimate of drug-likeness (QED) is 0.220. The molecule has 0 spiro atoms. The third-order valence-corrected chi connectivity index (χ3v) is 8.72. The summed E-state index contributed by atoms with van der Waals surface area (Å²) in [6.07, 6.45) is 1.64. The van der Waals surface area contributed by atoms with Crippen molar-refractivity contribution >= 4 is 50.7 Å². The number of nitrogens with zero attached hydrogens (tertiary/aromatic N) is 2. The first kappa shape index (κ1) is 34.2. The second kappa shape index (κ2) is 16.0. The second-order valence-corrected chi connectivity index (χ2v) is 13.4. The monoisotopic (exact) mass is 647 g/mol. The Kier molecular flexibility index (Phi) is 12.7. The topological polar surface area (TPSA) is 96.0 Å². The molecule has 0 unspecified atom stereocenters. The van der Waals surface area contributed by atoms with Gasteiger partial charge >= 0.3 is 0 Å². The number of carbonyl (C=O) groups excluding carboxylic acids is 2. The summed E-state index contributed by atoms with van der Waals surface area (Å²) in [5.41, 5.74) is 2.01.